The van der Waals surface area contributed by atoms with Crippen LogP contribution in [0.1, 0.15) is 24.0 Å². The third kappa shape index (κ3) is 8.58. The molecule has 1 aliphatic rings. The van der Waals surface area contributed by atoms with Crippen LogP contribution in [0.4, 0.5) is 10.1 Å². The van der Waals surface area contributed by atoms with Crippen LogP contribution >= 0.6 is 47.0 Å². The number of rotatable bonds is 10. The van der Waals surface area contributed by atoms with Crippen LogP contribution in [0.15, 0.2) is 90.5 Å². The predicted octanol–water partition coefficient (Wildman–Crippen LogP) is 6.96. The molecular weight excluding hydrogens is 592 g/mol. The van der Waals surface area contributed by atoms with E-state index >= 15 is 0 Å². The molecule has 0 spiro atoms. The number of amides is 1. The molecule has 3 N–H and O–H groups in total. The lowest BCUT2D eigenvalue weighted by Crippen LogP contribution is -2.57. The van der Waals surface area contributed by atoms with Gasteiger partial charge in [-0.3, -0.25) is 4.79 Å². The Labute approximate surface area is 253 Å². The molecule has 0 heterocycles. The first kappa shape index (κ1) is 30.1. The van der Waals surface area contributed by atoms with E-state index in [1.807, 2.05) is 48.5 Å². The maximum atomic E-state index is 13.5. The lowest BCUT2D eigenvalue weighted by molar-refractivity contribution is -0.121. The van der Waals surface area contributed by atoms with Gasteiger partial charge in [-0.1, -0.05) is 83.3 Å². The number of phenols is 1. The van der Waals surface area contributed by atoms with E-state index in [2.05, 4.69) is 15.5 Å². The van der Waals surface area contributed by atoms with E-state index in [0.29, 0.717) is 31.0 Å². The van der Waals surface area contributed by atoms with Gasteiger partial charge in [0.25, 0.3) is 9.70 Å². The largest absolute Gasteiger partial charge is 0.508 e. The molecule has 0 aliphatic heterocycles. The number of hydrogen-bond acceptors (Lipinski definition) is 3. The van der Waals surface area contributed by atoms with E-state index in [9.17, 15) is 14.3 Å². The molecule has 3 aromatic carbocycles. The Balaban J connectivity index is 1.50. The normalized spacial score (nSPS) is 16.4. The molecule has 0 fully saturated rings. The van der Waals surface area contributed by atoms with Gasteiger partial charge in [0.1, 0.15) is 11.6 Å². The minimum absolute atomic E-state index is 0.240. The second kappa shape index (κ2) is 13.2. The van der Waals surface area contributed by atoms with Gasteiger partial charge in [-0.05, 0) is 91.0 Å². The molecule has 1 amide bonds. The molecule has 210 valence electrons. The first-order chi connectivity index (χ1) is 19.0. The summed E-state index contributed by atoms with van der Waals surface area (Å²) >= 11 is 23.3. The van der Waals surface area contributed by atoms with Crippen LogP contribution < -0.4 is 10.6 Å². The van der Waals surface area contributed by atoms with E-state index in [-0.39, 0.29) is 11.6 Å². The molecule has 5 nitrogen and oxygen atoms in total. The van der Waals surface area contributed by atoms with Crippen molar-refractivity contribution in [1.29, 1.82) is 0 Å². The number of benzene rings is 3. The molecule has 0 saturated carbocycles. The van der Waals surface area contributed by atoms with Crippen molar-refractivity contribution in [2.45, 2.75) is 35.0 Å². The van der Waals surface area contributed by atoms with Gasteiger partial charge >= 0.3 is 0 Å². The summed E-state index contributed by atoms with van der Waals surface area (Å²) in [6, 6.07) is 23.0. The van der Waals surface area contributed by atoms with Crippen molar-refractivity contribution < 1.29 is 14.3 Å². The lowest BCUT2D eigenvalue weighted by Gasteiger charge is -2.43. The third-order valence-electron chi connectivity index (χ3n) is 6.59. The van der Waals surface area contributed by atoms with Gasteiger partial charge in [-0.2, -0.15) is 0 Å². The zero-order valence-electron chi connectivity index (χ0n) is 21.5. The fourth-order valence-corrected chi connectivity index (χ4v) is 5.19. The van der Waals surface area contributed by atoms with E-state index in [1.54, 1.807) is 24.3 Å². The third-order valence-corrected chi connectivity index (χ3v) is 7.46. The fourth-order valence-electron chi connectivity index (χ4n) is 4.78. The van der Waals surface area contributed by atoms with Gasteiger partial charge in [-0.15, -0.1) is 0 Å². The van der Waals surface area contributed by atoms with Crippen LogP contribution in [0.3, 0.4) is 0 Å². The van der Waals surface area contributed by atoms with Crippen molar-refractivity contribution in [2.24, 2.45) is 0 Å². The van der Waals surface area contributed by atoms with Crippen molar-refractivity contribution >= 4 is 63.7 Å². The first-order valence-electron chi connectivity index (χ1n) is 12.7. The highest BCUT2D eigenvalue weighted by Crippen LogP contribution is 2.37. The number of para-hydroxylation sites is 1. The zero-order valence-corrected chi connectivity index (χ0v) is 24.6. The van der Waals surface area contributed by atoms with Gasteiger partial charge in [0, 0.05) is 18.8 Å². The van der Waals surface area contributed by atoms with Crippen molar-refractivity contribution in [3.8, 4) is 5.75 Å². The van der Waals surface area contributed by atoms with Crippen LogP contribution in [0, 0.1) is 5.82 Å². The van der Waals surface area contributed by atoms with Gasteiger partial charge in [0.2, 0.25) is 0 Å². The van der Waals surface area contributed by atoms with E-state index in [1.165, 1.54) is 12.1 Å². The molecule has 0 radical (unpaired) electrons. The quantitative estimate of drug-likeness (QED) is 0.130. The SMILES string of the molecule is O=C(NC1(Cc2ccc(F)cc2)C=C(CN(CCCc2cccc(O)c2)C(=S)Nc2ccccc2)C1)C(Cl)(Cl)Cl. The van der Waals surface area contributed by atoms with Crippen LogP contribution in [0.25, 0.3) is 0 Å². The molecule has 1 unspecified atom stereocenters. The number of carbonyl (C=O) groups excluding carboxylic acids is 1. The Morgan fingerprint density at radius 3 is 2.38 bits per heavy atom. The molecule has 0 bridgehead atoms. The maximum absolute atomic E-state index is 13.5. The lowest BCUT2D eigenvalue weighted by atomic mass is 9.74. The summed E-state index contributed by atoms with van der Waals surface area (Å²) in [4.78, 5) is 14.7. The van der Waals surface area contributed by atoms with E-state index in [0.717, 1.165) is 35.2 Å². The van der Waals surface area contributed by atoms with Crippen molar-refractivity contribution in [3.63, 3.8) is 0 Å². The number of thiocarbonyl (C=S) groups is 1. The van der Waals surface area contributed by atoms with Crippen LogP contribution in [-0.2, 0) is 17.6 Å². The summed E-state index contributed by atoms with van der Waals surface area (Å²) in [6.07, 6.45) is 4.46. The fraction of sp³-hybridized carbons (Fsp3) is 0.267. The number of carbonyl (C=O) groups is 1. The smallest absolute Gasteiger partial charge is 0.272 e. The van der Waals surface area contributed by atoms with Crippen LogP contribution in [-0.4, -0.2) is 43.4 Å². The second-order valence-corrected chi connectivity index (χ2v) is 12.5. The van der Waals surface area contributed by atoms with E-state index in [4.69, 9.17) is 47.0 Å². The minimum Gasteiger partial charge on any atom is -0.508 e. The molecule has 4 rings (SSSR count). The highest BCUT2D eigenvalue weighted by atomic mass is 35.6. The Kier molecular flexibility index (Phi) is 9.95. The van der Waals surface area contributed by atoms with Gasteiger partial charge in [0.15, 0.2) is 5.11 Å². The van der Waals surface area contributed by atoms with Crippen molar-refractivity contribution in [2.75, 3.05) is 18.4 Å². The topological polar surface area (TPSA) is 64.6 Å². The number of nitrogens with one attached hydrogen (secondary N) is 2. The summed E-state index contributed by atoms with van der Waals surface area (Å²) in [6.45, 7) is 1.20. The summed E-state index contributed by atoms with van der Waals surface area (Å²) in [5, 5.41) is 16.5. The summed E-state index contributed by atoms with van der Waals surface area (Å²) in [5.74, 6) is -0.822. The molecule has 10 heteroatoms. The van der Waals surface area contributed by atoms with Crippen LogP contribution in [0.2, 0.25) is 0 Å². The zero-order chi connectivity index (χ0) is 28.8. The average Bonchev–Trinajstić information content (AvgIpc) is 2.88. The number of aryl methyl sites for hydroxylation is 1. The van der Waals surface area contributed by atoms with Crippen molar-refractivity contribution in [3.05, 3.63) is 107 Å². The molecule has 1 aliphatic carbocycles. The Bertz CT molecular complexity index is 1370. The minimum atomic E-state index is -2.11. The molecule has 0 aromatic heterocycles. The number of halogens is 4. The highest BCUT2D eigenvalue weighted by molar-refractivity contribution is 7.80. The number of hydrogen-bond donors (Lipinski definition) is 3. The molecular formula is C30H29Cl3FN3O2S. The summed E-state index contributed by atoms with van der Waals surface area (Å²) < 4.78 is 11.4. The monoisotopic (exact) mass is 619 g/mol. The Hall–Kier alpha value is -2.84. The number of anilines is 1. The summed E-state index contributed by atoms with van der Waals surface area (Å²) in [5.41, 5.74) is 3.04. The number of aromatic hydroxyl groups is 1. The number of phenolic OH excluding ortho intramolecular Hbond substituents is 1. The number of alkyl halides is 3. The first-order valence-corrected chi connectivity index (χ1v) is 14.3. The Morgan fingerprint density at radius 1 is 1.02 bits per heavy atom. The molecule has 3 aromatic rings. The predicted molar refractivity (Wildman–Crippen MR) is 165 cm³/mol. The van der Waals surface area contributed by atoms with Crippen LogP contribution in [0.5, 0.6) is 5.75 Å². The standard InChI is InChI=1S/C30H29Cl3FN3O2S/c31-30(32,33)27(39)36-29(17-22-11-13-24(34)14-12-22)18-23(19-29)20-37(28(40)35-25-8-2-1-3-9-25)15-5-7-21-6-4-10-26(38)16-21/h1-4,6,8-14,16,18,38H,5,7,15,17,19-20H2,(H,35,40)(H,36,39). The van der Waals surface area contributed by atoms with Gasteiger partial charge < -0.3 is 20.6 Å². The molecule has 1 atom stereocenters. The Morgan fingerprint density at radius 2 is 1.73 bits per heavy atom. The highest BCUT2D eigenvalue weighted by Gasteiger charge is 2.43. The molecule has 40 heavy (non-hydrogen) atoms. The average molecular weight is 621 g/mol. The van der Waals surface area contributed by atoms with E-state index < -0.39 is 15.2 Å². The second-order valence-electron chi connectivity index (χ2n) is 9.88. The van der Waals surface area contributed by atoms with Crippen molar-refractivity contribution in [1.82, 2.24) is 10.2 Å². The maximum Gasteiger partial charge on any atom is 0.272 e. The molecule has 0 saturated heterocycles. The van der Waals surface area contributed by atoms with Gasteiger partial charge in [-0.25, -0.2) is 4.39 Å². The number of nitrogens with zero attached hydrogens (tertiary/aromatic N) is 1. The summed E-state index contributed by atoms with van der Waals surface area (Å²) in [7, 11) is 0. The van der Waals surface area contributed by atoms with Gasteiger partial charge in [0.05, 0.1) is 5.54 Å².